The Labute approximate surface area is 74.4 Å². The number of aliphatic hydroxyl groups excluding tert-OH is 2. The molecule has 0 aliphatic carbocycles. The van der Waals surface area contributed by atoms with Crippen molar-refractivity contribution >= 4 is 11.9 Å². The zero-order valence-corrected chi connectivity index (χ0v) is 6.88. The fourth-order valence-electron chi connectivity index (χ4n) is 1.21. The average molecular weight is 189 g/mol. The second kappa shape index (κ2) is 3.71. The minimum atomic E-state index is -1.57. The third-order valence-corrected chi connectivity index (χ3v) is 1.87. The smallest absolute Gasteiger partial charge is 0.334 e. The summed E-state index contributed by atoms with van der Waals surface area (Å²) >= 11 is 0. The van der Waals surface area contributed by atoms with E-state index in [0.29, 0.717) is 0 Å². The first-order valence-corrected chi connectivity index (χ1v) is 3.87. The van der Waals surface area contributed by atoms with Gasteiger partial charge in [0.1, 0.15) is 0 Å². The molecule has 6 heteroatoms. The molecule has 0 saturated carbocycles. The van der Waals surface area contributed by atoms with E-state index in [1.807, 2.05) is 0 Å². The maximum Gasteiger partial charge on any atom is 0.334 e. The highest BCUT2D eigenvalue weighted by Crippen LogP contribution is 2.10. The van der Waals surface area contributed by atoms with Gasteiger partial charge in [0.05, 0.1) is 19.1 Å². The van der Waals surface area contributed by atoms with Gasteiger partial charge in [-0.05, 0) is 0 Å². The van der Waals surface area contributed by atoms with Crippen molar-refractivity contribution in [3.63, 3.8) is 0 Å². The first-order valence-electron chi connectivity index (χ1n) is 3.87. The van der Waals surface area contributed by atoms with Crippen LogP contribution in [0, 0.1) is 0 Å². The Kier molecular flexibility index (Phi) is 2.84. The van der Waals surface area contributed by atoms with E-state index in [2.05, 4.69) is 0 Å². The Morgan fingerprint density at radius 2 is 2.31 bits per heavy atom. The minimum Gasteiger partial charge on any atom is -0.479 e. The van der Waals surface area contributed by atoms with Crippen LogP contribution in [0.15, 0.2) is 0 Å². The van der Waals surface area contributed by atoms with Gasteiger partial charge in [0.15, 0.2) is 6.10 Å². The average Bonchev–Trinajstić information content (AvgIpc) is 2.30. The van der Waals surface area contributed by atoms with Crippen LogP contribution in [-0.2, 0) is 9.59 Å². The van der Waals surface area contributed by atoms with Crippen molar-refractivity contribution in [3.05, 3.63) is 0 Å². The molecule has 1 fully saturated rings. The quantitative estimate of drug-likeness (QED) is 0.478. The van der Waals surface area contributed by atoms with Crippen molar-refractivity contribution < 1.29 is 24.9 Å². The lowest BCUT2D eigenvalue weighted by Gasteiger charge is -2.17. The van der Waals surface area contributed by atoms with Crippen LogP contribution in [0.2, 0.25) is 0 Å². The first-order chi connectivity index (χ1) is 6.00. The van der Waals surface area contributed by atoms with Gasteiger partial charge >= 0.3 is 5.97 Å². The molecule has 13 heavy (non-hydrogen) atoms. The number of β-amino-alcohol motifs (C(OH)–C–C–N with tert-alkyl or cyclic N) is 2. The molecule has 0 bridgehead atoms. The lowest BCUT2D eigenvalue weighted by molar-refractivity contribution is -0.148. The molecule has 0 aromatic heterocycles. The number of carboxylic acid groups (broad SMARTS) is 1. The number of nitrogens with zero attached hydrogens (tertiary/aromatic N) is 1. The number of hydrogen-bond acceptors (Lipinski definition) is 4. The summed E-state index contributed by atoms with van der Waals surface area (Å²) in [5.74, 6) is -1.69. The molecule has 6 nitrogen and oxygen atoms in total. The van der Waals surface area contributed by atoms with Crippen LogP contribution in [0.1, 0.15) is 6.42 Å². The normalized spacial score (nSPS) is 24.9. The summed E-state index contributed by atoms with van der Waals surface area (Å²) < 4.78 is 0. The maximum absolute atomic E-state index is 11.0. The van der Waals surface area contributed by atoms with Crippen molar-refractivity contribution in [3.8, 4) is 0 Å². The van der Waals surface area contributed by atoms with Crippen molar-refractivity contribution in [2.75, 3.05) is 13.1 Å². The lowest BCUT2D eigenvalue weighted by Crippen LogP contribution is -2.38. The van der Waals surface area contributed by atoms with E-state index in [9.17, 15) is 9.59 Å². The number of carbonyl (C=O) groups is 2. The summed E-state index contributed by atoms with van der Waals surface area (Å²) in [7, 11) is 0. The highest BCUT2D eigenvalue weighted by Gasteiger charge is 2.30. The number of carboxylic acids is 1. The molecule has 0 aromatic rings. The fraction of sp³-hybridized carbons (Fsp3) is 0.714. The van der Waals surface area contributed by atoms with Crippen molar-refractivity contribution in [2.45, 2.75) is 18.6 Å². The van der Waals surface area contributed by atoms with E-state index in [1.54, 1.807) is 0 Å². The van der Waals surface area contributed by atoms with Gasteiger partial charge in [-0.3, -0.25) is 4.79 Å². The van der Waals surface area contributed by atoms with Gasteiger partial charge in [-0.25, -0.2) is 4.79 Å². The van der Waals surface area contributed by atoms with Crippen LogP contribution >= 0.6 is 0 Å². The van der Waals surface area contributed by atoms with E-state index < -0.39 is 18.2 Å². The molecule has 3 N–H and O–H groups in total. The SMILES string of the molecule is O=C(O)C(O)CN1CC(O)CC1=O. The maximum atomic E-state index is 11.0. The molecule has 0 aromatic carbocycles. The zero-order chi connectivity index (χ0) is 10.0. The largest absolute Gasteiger partial charge is 0.479 e. The van der Waals surface area contributed by atoms with Crippen LogP contribution < -0.4 is 0 Å². The second-order valence-corrected chi connectivity index (χ2v) is 3.01. The highest BCUT2D eigenvalue weighted by molar-refractivity contribution is 5.80. The molecule has 1 aliphatic heterocycles. The number of aliphatic hydroxyl groups is 2. The third-order valence-electron chi connectivity index (χ3n) is 1.87. The van der Waals surface area contributed by atoms with Gasteiger partial charge in [-0.1, -0.05) is 0 Å². The number of rotatable bonds is 3. The number of amides is 1. The monoisotopic (exact) mass is 189 g/mol. The number of aliphatic carboxylic acids is 1. The molecule has 2 unspecified atom stereocenters. The van der Waals surface area contributed by atoms with Crippen molar-refractivity contribution in [1.29, 1.82) is 0 Å². The third kappa shape index (κ3) is 2.40. The summed E-state index contributed by atoms with van der Waals surface area (Å²) in [6.45, 7) is -0.158. The van der Waals surface area contributed by atoms with Gasteiger partial charge in [-0.15, -0.1) is 0 Å². The minimum absolute atomic E-state index is 0.00629. The zero-order valence-electron chi connectivity index (χ0n) is 6.88. The van der Waals surface area contributed by atoms with Crippen molar-refractivity contribution in [1.82, 2.24) is 4.90 Å². The van der Waals surface area contributed by atoms with E-state index in [-0.39, 0.29) is 25.4 Å². The second-order valence-electron chi connectivity index (χ2n) is 3.01. The Bertz CT molecular complexity index is 229. The molecular weight excluding hydrogens is 178 g/mol. The molecule has 2 atom stereocenters. The van der Waals surface area contributed by atoms with Gasteiger partial charge in [-0.2, -0.15) is 0 Å². The first kappa shape index (κ1) is 9.94. The molecule has 1 saturated heterocycles. The topological polar surface area (TPSA) is 98.1 Å². The van der Waals surface area contributed by atoms with Crippen molar-refractivity contribution in [2.24, 2.45) is 0 Å². The Balaban J connectivity index is 2.46. The predicted molar refractivity (Wildman–Crippen MR) is 40.8 cm³/mol. The van der Waals surface area contributed by atoms with Crippen LogP contribution in [-0.4, -0.2) is 57.4 Å². The number of carbonyl (C=O) groups excluding carboxylic acids is 1. The van der Waals surface area contributed by atoms with E-state index in [1.165, 1.54) is 0 Å². The number of hydrogen-bond donors (Lipinski definition) is 3. The van der Waals surface area contributed by atoms with Gasteiger partial charge in [0.2, 0.25) is 5.91 Å². The van der Waals surface area contributed by atoms with Gasteiger partial charge in [0.25, 0.3) is 0 Å². The fourth-order valence-corrected chi connectivity index (χ4v) is 1.21. The molecule has 1 aliphatic rings. The predicted octanol–water partition coefficient (Wildman–Crippen LogP) is -1.97. The standard InChI is InChI=1S/C7H11NO5/c9-4-1-6(11)8(2-4)3-5(10)7(12)13/h4-5,9-10H,1-3H2,(H,12,13). The summed E-state index contributed by atoms with van der Waals surface area (Å²) in [6, 6.07) is 0. The van der Waals surface area contributed by atoms with E-state index in [4.69, 9.17) is 15.3 Å². The molecular formula is C7H11NO5. The molecule has 1 rings (SSSR count). The van der Waals surface area contributed by atoms with E-state index >= 15 is 0 Å². The van der Waals surface area contributed by atoms with Gasteiger partial charge < -0.3 is 20.2 Å². The van der Waals surface area contributed by atoms with Crippen LogP contribution in [0.5, 0.6) is 0 Å². The summed E-state index contributed by atoms with van der Waals surface area (Å²) in [5.41, 5.74) is 0. The van der Waals surface area contributed by atoms with E-state index in [0.717, 1.165) is 4.90 Å². The van der Waals surface area contributed by atoms with Crippen LogP contribution in [0.4, 0.5) is 0 Å². The summed E-state index contributed by atoms with van der Waals surface area (Å²) in [6.07, 6.45) is -2.31. The molecule has 1 amide bonds. The summed E-state index contributed by atoms with van der Waals surface area (Å²) in [4.78, 5) is 22.4. The Hall–Kier alpha value is -1.14. The molecule has 0 spiro atoms. The lowest BCUT2D eigenvalue weighted by atomic mass is 10.3. The van der Waals surface area contributed by atoms with Gasteiger partial charge in [0, 0.05) is 6.54 Å². The molecule has 74 valence electrons. The van der Waals surface area contributed by atoms with Crippen LogP contribution in [0.3, 0.4) is 0 Å². The Morgan fingerprint density at radius 1 is 1.69 bits per heavy atom. The highest BCUT2D eigenvalue weighted by atomic mass is 16.4. The summed E-state index contributed by atoms with van der Waals surface area (Å²) in [5, 5.41) is 26.3. The molecule has 0 radical (unpaired) electrons. The van der Waals surface area contributed by atoms with Crippen LogP contribution in [0.25, 0.3) is 0 Å². The number of likely N-dealkylation sites (tertiary alicyclic amines) is 1. The molecule has 1 heterocycles. The Morgan fingerprint density at radius 3 is 2.69 bits per heavy atom.